The van der Waals surface area contributed by atoms with E-state index in [-0.39, 0.29) is 10.9 Å². The standard InChI is InChI=1S/C14H18ClNO3S/c1-19-14-5-4-11(8-12(14)15)20(17,18)16-13-7-9-2-3-10(13)6-9/h4-5,8-10,13,16H,2-3,6-7H2,1H3. The average molecular weight is 316 g/mol. The first kappa shape index (κ1) is 14.2. The third kappa shape index (κ3) is 2.54. The van der Waals surface area contributed by atoms with E-state index in [4.69, 9.17) is 16.3 Å². The van der Waals surface area contributed by atoms with Crippen LogP contribution in [0.1, 0.15) is 25.7 Å². The smallest absolute Gasteiger partial charge is 0.240 e. The van der Waals surface area contributed by atoms with Crippen molar-refractivity contribution in [2.24, 2.45) is 11.8 Å². The highest BCUT2D eigenvalue weighted by Gasteiger charge is 2.41. The van der Waals surface area contributed by atoms with Crippen molar-refractivity contribution in [3.63, 3.8) is 0 Å². The summed E-state index contributed by atoms with van der Waals surface area (Å²) in [5.74, 6) is 1.68. The molecule has 4 nitrogen and oxygen atoms in total. The van der Waals surface area contributed by atoms with Gasteiger partial charge in [0.1, 0.15) is 5.75 Å². The van der Waals surface area contributed by atoms with Crippen LogP contribution in [0.15, 0.2) is 23.1 Å². The summed E-state index contributed by atoms with van der Waals surface area (Å²) < 4.78 is 32.7. The zero-order valence-corrected chi connectivity index (χ0v) is 12.9. The van der Waals surface area contributed by atoms with Crippen molar-refractivity contribution >= 4 is 21.6 Å². The molecular formula is C14H18ClNO3S. The lowest BCUT2D eigenvalue weighted by atomic mass is 9.96. The third-order valence-electron chi connectivity index (χ3n) is 4.48. The van der Waals surface area contributed by atoms with Gasteiger partial charge in [0.15, 0.2) is 0 Å². The van der Waals surface area contributed by atoms with E-state index in [0.717, 1.165) is 19.3 Å². The molecule has 2 fully saturated rings. The molecule has 110 valence electrons. The van der Waals surface area contributed by atoms with E-state index in [1.165, 1.54) is 25.7 Å². The maximum absolute atomic E-state index is 12.4. The molecule has 0 heterocycles. The van der Waals surface area contributed by atoms with Crippen LogP contribution in [0.5, 0.6) is 5.75 Å². The molecule has 3 atom stereocenters. The predicted octanol–water partition coefficient (Wildman–Crippen LogP) is 2.82. The van der Waals surface area contributed by atoms with Crippen LogP contribution in [-0.4, -0.2) is 21.6 Å². The average Bonchev–Trinajstić information content (AvgIpc) is 3.00. The molecular weight excluding hydrogens is 298 g/mol. The summed E-state index contributed by atoms with van der Waals surface area (Å²) in [6.07, 6.45) is 4.52. The Kier molecular flexibility index (Phi) is 3.69. The molecule has 0 radical (unpaired) electrons. The van der Waals surface area contributed by atoms with Crippen molar-refractivity contribution in [2.75, 3.05) is 7.11 Å². The Morgan fingerprint density at radius 1 is 1.30 bits per heavy atom. The third-order valence-corrected chi connectivity index (χ3v) is 6.26. The molecule has 0 spiro atoms. The molecule has 3 unspecified atom stereocenters. The Morgan fingerprint density at radius 2 is 2.10 bits per heavy atom. The molecule has 3 rings (SSSR count). The summed E-state index contributed by atoms with van der Waals surface area (Å²) in [6.45, 7) is 0. The molecule has 1 aromatic rings. The molecule has 0 saturated heterocycles. The van der Waals surface area contributed by atoms with Gasteiger partial charge in [-0.15, -0.1) is 0 Å². The van der Waals surface area contributed by atoms with Crippen LogP contribution in [0.2, 0.25) is 5.02 Å². The topological polar surface area (TPSA) is 55.4 Å². The van der Waals surface area contributed by atoms with Crippen LogP contribution < -0.4 is 9.46 Å². The van der Waals surface area contributed by atoms with Crippen molar-refractivity contribution in [3.8, 4) is 5.75 Å². The van der Waals surface area contributed by atoms with Crippen LogP contribution in [0.25, 0.3) is 0 Å². The van der Waals surface area contributed by atoms with Crippen LogP contribution >= 0.6 is 11.6 Å². The molecule has 0 aliphatic heterocycles. The van der Waals surface area contributed by atoms with E-state index in [1.807, 2.05) is 0 Å². The van der Waals surface area contributed by atoms with Gasteiger partial charge in [-0.05, 0) is 49.3 Å². The first-order chi connectivity index (χ1) is 9.49. The molecule has 0 aromatic heterocycles. The minimum atomic E-state index is -3.50. The monoisotopic (exact) mass is 315 g/mol. The maximum atomic E-state index is 12.4. The normalized spacial score (nSPS) is 28.8. The molecule has 20 heavy (non-hydrogen) atoms. The number of halogens is 1. The summed E-state index contributed by atoms with van der Waals surface area (Å²) in [7, 11) is -2.00. The van der Waals surface area contributed by atoms with Crippen LogP contribution in [-0.2, 0) is 10.0 Å². The summed E-state index contributed by atoms with van der Waals surface area (Å²) in [5, 5.41) is 0.309. The highest BCUT2D eigenvalue weighted by molar-refractivity contribution is 7.89. The summed E-state index contributed by atoms with van der Waals surface area (Å²) in [5.41, 5.74) is 0. The van der Waals surface area contributed by atoms with Gasteiger partial charge < -0.3 is 4.74 Å². The van der Waals surface area contributed by atoms with E-state index < -0.39 is 10.0 Å². The fourth-order valence-electron chi connectivity index (χ4n) is 3.47. The molecule has 1 N–H and O–H groups in total. The maximum Gasteiger partial charge on any atom is 0.240 e. The zero-order chi connectivity index (χ0) is 14.3. The Balaban J connectivity index is 1.79. The number of hydrogen-bond acceptors (Lipinski definition) is 3. The molecule has 0 amide bonds. The van der Waals surface area contributed by atoms with Crippen molar-refractivity contribution < 1.29 is 13.2 Å². The van der Waals surface area contributed by atoms with Crippen LogP contribution in [0, 0.1) is 11.8 Å². The van der Waals surface area contributed by atoms with Crippen molar-refractivity contribution in [1.29, 1.82) is 0 Å². The van der Waals surface area contributed by atoms with Crippen LogP contribution in [0.3, 0.4) is 0 Å². The first-order valence-electron chi connectivity index (χ1n) is 6.85. The van der Waals surface area contributed by atoms with E-state index in [1.54, 1.807) is 6.07 Å². The number of sulfonamides is 1. The molecule has 6 heteroatoms. The van der Waals surface area contributed by atoms with E-state index in [2.05, 4.69) is 4.72 Å². The second kappa shape index (κ2) is 5.20. The molecule has 2 bridgehead atoms. The second-order valence-electron chi connectivity index (χ2n) is 5.70. The number of fused-ring (bicyclic) bond motifs is 2. The summed E-state index contributed by atoms with van der Waals surface area (Å²) >= 11 is 6.00. The second-order valence-corrected chi connectivity index (χ2v) is 7.82. The Bertz CT molecular complexity index is 617. The van der Waals surface area contributed by atoms with Gasteiger partial charge in [-0.1, -0.05) is 18.0 Å². The highest BCUT2D eigenvalue weighted by Crippen LogP contribution is 2.44. The number of rotatable bonds is 4. The van der Waals surface area contributed by atoms with Crippen molar-refractivity contribution in [2.45, 2.75) is 36.6 Å². The summed E-state index contributed by atoms with van der Waals surface area (Å²) in [4.78, 5) is 0.200. The Hall–Kier alpha value is -0.780. The Morgan fingerprint density at radius 3 is 2.65 bits per heavy atom. The lowest BCUT2D eigenvalue weighted by Crippen LogP contribution is -2.38. The van der Waals surface area contributed by atoms with E-state index in [0.29, 0.717) is 22.6 Å². The molecule has 2 aliphatic rings. The zero-order valence-electron chi connectivity index (χ0n) is 11.3. The summed E-state index contributed by atoms with van der Waals surface area (Å²) in [6, 6.07) is 4.63. The number of nitrogens with one attached hydrogen (secondary N) is 1. The van der Waals surface area contributed by atoms with Gasteiger partial charge in [-0.2, -0.15) is 0 Å². The number of benzene rings is 1. The van der Waals surface area contributed by atoms with Gasteiger partial charge in [0.2, 0.25) is 10.0 Å². The van der Waals surface area contributed by atoms with Gasteiger partial charge in [-0.25, -0.2) is 13.1 Å². The first-order valence-corrected chi connectivity index (χ1v) is 8.71. The number of methoxy groups -OCH3 is 1. The Labute approximate surface area is 124 Å². The van der Waals surface area contributed by atoms with Gasteiger partial charge in [0.05, 0.1) is 17.0 Å². The fraction of sp³-hybridized carbons (Fsp3) is 0.571. The minimum Gasteiger partial charge on any atom is -0.495 e. The number of ether oxygens (including phenoxy) is 1. The van der Waals surface area contributed by atoms with Gasteiger partial charge in [-0.3, -0.25) is 0 Å². The molecule has 1 aromatic carbocycles. The quantitative estimate of drug-likeness (QED) is 0.929. The van der Waals surface area contributed by atoms with Crippen molar-refractivity contribution in [1.82, 2.24) is 4.72 Å². The minimum absolute atomic E-state index is 0.0830. The van der Waals surface area contributed by atoms with E-state index >= 15 is 0 Å². The van der Waals surface area contributed by atoms with Gasteiger partial charge in [0, 0.05) is 6.04 Å². The molecule has 2 saturated carbocycles. The SMILES string of the molecule is COc1ccc(S(=O)(=O)NC2CC3CCC2C3)cc1Cl. The van der Waals surface area contributed by atoms with Crippen LogP contribution in [0.4, 0.5) is 0 Å². The molecule has 2 aliphatic carbocycles. The lowest BCUT2D eigenvalue weighted by molar-refractivity contribution is 0.390. The lowest BCUT2D eigenvalue weighted by Gasteiger charge is -2.22. The van der Waals surface area contributed by atoms with E-state index in [9.17, 15) is 8.42 Å². The van der Waals surface area contributed by atoms with Crippen molar-refractivity contribution in [3.05, 3.63) is 23.2 Å². The fourth-order valence-corrected chi connectivity index (χ4v) is 5.14. The van der Waals surface area contributed by atoms with Gasteiger partial charge >= 0.3 is 0 Å². The highest BCUT2D eigenvalue weighted by atomic mass is 35.5. The predicted molar refractivity (Wildman–Crippen MR) is 77.6 cm³/mol. The largest absolute Gasteiger partial charge is 0.495 e. The number of hydrogen-bond donors (Lipinski definition) is 1. The van der Waals surface area contributed by atoms with Gasteiger partial charge in [0.25, 0.3) is 0 Å².